The highest BCUT2D eigenvalue weighted by atomic mass is 35.5. The monoisotopic (exact) mass is 228 g/mol. The Balaban J connectivity index is 2.15. The quantitative estimate of drug-likeness (QED) is 0.629. The van der Waals surface area contributed by atoms with E-state index in [2.05, 4.69) is 4.98 Å². The van der Waals surface area contributed by atoms with E-state index in [0.29, 0.717) is 10.9 Å². The van der Waals surface area contributed by atoms with Crippen LogP contribution >= 0.6 is 11.6 Å². The van der Waals surface area contributed by atoms with E-state index in [1.165, 1.54) is 0 Å². The van der Waals surface area contributed by atoms with Crippen molar-refractivity contribution >= 4 is 11.6 Å². The molecule has 0 aliphatic heterocycles. The van der Waals surface area contributed by atoms with Gasteiger partial charge in [-0.2, -0.15) is 0 Å². The number of rotatable bonds is 4. The van der Waals surface area contributed by atoms with Crippen molar-refractivity contribution in [1.82, 2.24) is 4.98 Å². The molecule has 2 rings (SSSR count). The summed E-state index contributed by atoms with van der Waals surface area (Å²) >= 11 is 5.95. The molecular formula is C10H13ClN2O2. The van der Waals surface area contributed by atoms with Crippen LogP contribution in [0.3, 0.4) is 0 Å². The third-order valence-electron chi connectivity index (χ3n) is 2.45. The maximum atomic E-state index is 6.00. The van der Waals surface area contributed by atoms with E-state index < -0.39 is 0 Å². The molecule has 0 spiro atoms. The second-order valence-electron chi connectivity index (χ2n) is 3.69. The number of halogens is 1. The van der Waals surface area contributed by atoms with Gasteiger partial charge in [-0.25, -0.2) is 4.98 Å². The van der Waals surface area contributed by atoms with Crippen molar-refractivity contribution in [3.8, 4) is 5.75 Å². The molecule has 0 atom stereocenters. The zero-order valence-electron chi connectivity index (χ0n) is 8.50. The highest BCUT2D eigenvalue weighted by Gasteiger charge is 2.41. The van der Waals surface area contributed by atoms with Gasteiger partial charge in [0.1, 0.15) is 0 Å². The van der Waals surface area contributed by atoms with E-state index in [4.69, 9.17) is 26.8 Å². The molecule has 4 nitrogen and oxygen atoms in total. The van der Waals surface area contributed by atoms with Gasteiger partial charge in [0.05, 0.1) is 11.2 Å². The molecule has 0 radical (unpaired) electrons. The fourth-order valence-corrected chi connectivity index (χ4v) is 1.53. The number of nitrogens with zero attached hydrogens (tertiary/aromatic N) is 1. The largest absolute Gasteiger partial charge is 0.464 e. The number of hydrogen-bond donors (Lipinski definition) is 1. The standard InChI is InChI=1S/C10H13ClN2O2/c1-14-6-15-7-2-3-8(13-9(7)11)10(12)4-5-10/h2-3H,4-6,12H2,1H3. The number of pyridine rings is 1. The Morgan fingerprint density at radius 3 is 2.80 bits per heavy atom. The van der Waals surface area contributed by atoms with Crippen LogP contribution in [0.5, 0.6) is 5.75 Å². The second-order valence-corrected chi connectivity index (χ2v) is 4.05. The lowest BCUT2D eigenvalue weighted by atomic mass is 10.2. The Kier molecular flexibility index (Phi) is 2.82. The first-order chi connectivity index (χ1) is 7.15. The average molecular weight is 229 g/mol. The third-order valence-corrected chi connectivity index (χ3v) is 2.72. The van der Waals surface area contributed by atoms with E-state index in [0.717, 1.165) is 18.5 Å². The number of aromatic nitrogens is 1. The molecule has 82 valence electrons. The molecule has 0 aromatic carbocycles. The summed E-state index contributed by atoms with van der Waals surface area (Å²) in [4.78, 5) is 4.22. The fraction of sp³-hybridized carbons (Fsp3) is 0.500. The molecule has 1 aliphatic rings. The SMILES string of the molecule is COCOc1ccc(C2(N)CC2)nc1Cl. The van der Waals surface area contributed by atoms with Gasteiger partial charge >= 0.3 is 0 Å². The van der Waals surface area contributed by atoms with E-state index in [9.17, 15) is 0 Å². The van der Waals surface area contributed by atoms with Crippen molar-refractivity contribution in [2.24, 2.45) is 5.73 Å². The molecule has 1 aromatic heterocycles. The number of hydrogen-bond acceptors (Lipinski definition) is 4. The van der Waals surface area contributed by atoms with Crippen molar-refractivity contribution in [2.75, 3.05) is 13.9 Å². The van der Waals surface area contributed by atoms with Crippen LogP contribution in [-0.2, 0) is 10.3 Å². The zero-order valence-corrected chi connectivity index (χ0v) is 9.25. The minimum atomic E-state index is -0.260. The van der Waals surface area contributed by atoms with Crippen molar-refractivity contribution in [1.29, 1.82) is 0 Å². The maximum Gasteiger partial charge on any atom is 0.188 e. The summed E-state index contributed by atoms with van der Waals surface area (Å²) in [6.07, 6.45) is 1.93. The Hall–Kier alpha value is -0.840. The van der Waals surface area contributed by atoms with Gasteiger partial charge in [0.15, 0.2) is 17.7 Å². The van der Waals surface area contributed by atoms with Crippen molar-refractivity contribution in [2.45, 2.75) is 18.4 Å². The van der Waals surface area contributed by atoms with Crippen LogP contribution in [0.2, 0.25) is 5.15 Å². The third kappa shape index (κ3) is 2.22. The smallest absolute Gasteiger partial charge is 0.188 e. The first-order valence-electron chi connectivity index (χ1n) is 4.73. The Morgan fingerprint density at radius 2 is 2.27 bits per heavy atom. The first kappa shape index (κ1) is 10.7. The van der Waals surface area contributed by atoms with Gasteiger partial charge in [-0.3, -0.25) is 0 Å². The first-order valence-corrected chi connectivity index (χ1v) is 5.11. The molecule has 1 heterocycles. The van der Waals surface area contributed by atoms with E-state index in [-0.39, 0.29) is 12.3 Å². The lowest BCUT2D eigenvalue weighted by Gasteiger charge is -2.11. The van der Waals surface area contributed by atoms with Crippen LogP contribution in [-0.4, -0.2) is 18.9 Å². The van der Waals surface area contributed by atoms with Gasteiger partial charge in [-0.15, -0.1) is 0 Å². The minimum absolute atomic E-state index is 0.161. The molecule has 1 aliphatic carbocycles. The van der Waals surface area contributed by atoms with Crippen molar-refractivity contribution in [3.63, 3.8) is 0 Å². The highest BCUT2D eigenvalue weighted by molar-refractivity contribution is 6.30. The summed E-state index contributed by atoms with van der Waals surface area (Å²) in [5.41, 5.74) is 6.57. The molecular weight excluding hydrogens is 216 g/mol. The molecule has 0 saturated heterocycles. The van der Waals surface area contributed by atoms with Gasteiger partial charge < -0.3 is 15.2 Å². The Labute approximate surface area is 93.3 Å². The number of methoxy groups -OCH3 is 1. The molecule has 0 bridgehead atoms. The summed E-state index contributed by atoms with van der Waals surface area (Å²) in [5.74, 6) is 0.520. The average Bonchev–Trinajstić information content (AvgIpc) is 2.96. The normalized spacial score (nSPS) is 17.5. The van der Waals surface area contributed by atoms with Crippen LogP contribution in [0.25, 0.3) is 0 Å². The molecule has 1 aromatic rings. The topological polar surface area (TPSA) is 57.4 Å². The predicted octanol–water partition coefficient (Wildman–Crippen LogP) is 1.67. The summed E-state index contributed by atoms with van der Waals surface area (Å²) in [7, 11) is 1.55. The van der Waals surface area contributed by atoms with Crippen LogP contribution in [0.4, 0.5) is 0 Å². The summed E-state index contributed by atoms with van der Waals surface area (Å²) in [6.45, 7) is 0.161. The Morgan fingerprint density at radius 1 is 1.53 bits per heavy atom. The maximum absolute atomic E-state index is 6.00. The minimum Gasteiger partial charge on any atom is -0.464 e. The lowest BCUT2D eigenvalue weighted by molar-refractivity contribution is 0.0509. The summed E-state index contributed by atoms with van der Waals surface area (Å²) in [6, 6.07) is 3.63. The molecule has 1 saturated carbocycles. The van der Waals surface area contributed by atoms with Crippen molar-refractivity contribution in [3.05, 3.63) is 23.0 Å². The van der Waals surface area contributed by atoms with Gasteiger partial charge in [-0.05, 0) is 25.0 Å². The molecule has 15 heavy (non-hydrogen) atoms. The summed E-state index contributed by atoms with van der Waals surface area (Å²) in [5, 5.41) is 0.335. The molecule has 5 heteroatoms. The van der Waals surface area contributed by atoms with Crippen LogP contribution in [0, 0.1) is 0 Å². The van der Waals surface area contributed by atoms with Gasteiger partial charge in [0.25, 0.3) is 0 Å². The summed E-state index contributed by atoms with van der Waals surface area (Å²) < 4.78 is 9.99. The molecule has 0 amide bonds. The van der Waals surface area contributed by atoms with Crippen molar-refractivity contribution < 1.29 is 9.47 Å². The highest BCUT2D eigenvalue weighted by Crippen LogP contribution is 2.42. The predicted molar refractivity (Wildman–Crippen MR) is 56.9 cm³/mol. The van der Waals surface area contributed by atoms with Gasteiger partial charge in [-0.1, -0.05) is 11.6 Å². The van der Waals surface area contributed by atoms with Gasteiger partial charge in [0, 0.05) is 7.11 Å². The van der Waals surface area contributed by atoms with E-state index >= 15 is 0 Å². The van der Waals surface area contributed by atoms with Crippen LogP contribution < -0.4 is 10.5 Å². The van der Waals surface area contributed by atoms with Gasteiger partial charge in [0.2, 0.25) is 0 Å². The zero-order chi connectivity index (χ0) is 10.9. The number of nitrogens with two attached hydrogens (primary N) is 1. The van der Waals surface area contributed by atoms with Crippen LogP contribution in [0.1, 0.15) is 18.5 Å². The second kappa shape index (κ2) is 3.96. The lowest BCUT2D eigenvalue weighted by Crippen LogP contribution is -2.20. The van der Waals surface area contributed by atoms with E-state index in [1.54, 1.807) is 13.2 Å². The number of ether oxygens (including phenoxy) is 2. The fourth-order valence-electron chi connectivity index (χ4n) is 1.32. The molecule has 1 fully saturated rings. The Bertz CT molecular complexity index is 366. The van der Waals surface area contributed by atoms with Crippen LogP contribution in [0.15, 0.2) is 12.1 Å². The molecule has 0 unspecified atom stereocenters. The molecule has 2 N–H and O–H groups in total. The van der Waals surface area contributed by atoms with E-state index in [1.807, 2.05) is 6.07 Å².